The maximum Gasteiger partial charge on any atom is 0.293 e. The summed E-state index contributed by atoms with van der Waals surface area (Å²) in [5.74, 6) is 1.96. The molecule has 5 heterocycles. The Kier molecular flexibility index (Phi) is 10.0. The van der Waals surface area contributed by atoms with E-state index in [4.69, 9.17) is 29.2 Å². The van der Waals surface area contributed by atoms with Gasteiger partial charge in [0.15, 0.2) is 41.2 Å². The average molecular weight is 669 g/mol. The number of aryl methyl sites for hydroxylation is 1. The minimum Gasteiger partial charge on any atom is -0.458 e. The normalized spacial score (nSPS) is 21.3. The van der Waals surface area contributed by atoms with Gasteiger partial charge in [-0.05, 0) is 11.1 Å². The van der Waals surface area contributed by atoms with Gasteiger partial charge in [-0.3, -0.25) is 14.3 Å². The number of H-pyrrole nitrogens is 1. The fraction of sp³-hybridized carbons (Fsp3) is 0.412. The Morgan fingerprint density at radius 1 is 1.04 bits per heavy atom. The molecular formula is C34H40N10O5. The fourth-order valence-electron chi connectivity index (χ4n) is 6.37. The van der Waals surface area contributed by atoms with Crippen LogP contribution in [0.15, 0.2) is 67.0 Å². The molecule has 2 aliphatic heterocycles. The van der Waals surface area contributed by atoms with Gasteiger partial charge in [-0.25, -0.2) is 4.98 Å². The number of ether oxygens (including phenoxy) is 3. The Hall–Kier alpha value is -4.96. The molecule has 2 aromatic carbocycles. The largest absolute Gasteiger partial charge is 0.458 e. The van der Waals surface area contributed by atoms with E-state index in [1.165, 1.54) is 0 Å². The molecule has 5 aromatic rings. The zero-order valence-electron chi connectivity index (χ0n) is 27.2. The highest BCUT2D eigenvalue weighted by atomic mass is 16.6. The number of hydrogen-bond acceptors (Lipinski definition) is 13. The van der Waals surface area contributed by atoms with Gasteiger partial charge >= 0.3 is 0 Å². The van der Waals surface area contributed by atoms with Crippen molar-refractivity contribution in [1.82, 2.24) is 39.6 Å². The van der Waals surface area contributed by atoms with Gasteiger partial charge in [0.25, 0.3) is 6.47 Å². The first-order valence-corrected chi connectivity index (χ1v) is 16.6. The van der Waals surface area contributed by atoms with Gasteiger partial charge < -0.3 is 34.9 Å². The zero-order valence-corrected chi connectivity index (χ0v) is 27.2. The molecule has 7 rings (SSSR count). The van der Waals surface area contributed by atoms with E-state index in [2.05, 4.69) is 55.0 Å². The summed E-state index contributed by atoms with van der Waals surface area (Å²) in [6.45, 7) is 7.35. The van der Waals surface area contributed by atoms with Crippen molar-refractivity contribution in [3.8, 4) is 0 Å². The van der Waals surface area contributed by atoms with Crippen molar-refractivity contribution in [2.75, 3.05) is 56.6 Å². The van der Waals surface area contributed by atoms with E-state index < -0.39 is 24.5 Å². The van der Waals surface area contributed by atoms with Crippen molar-refractivity contribution in [3.05, 3.63) is 89.8 Å². The van der Waals surface area contributed by atoms with Crippen LogP contribution in [0.2, 0.25) is 0 Å². The van der Waals surface area contributed by atoms with Crippen LogP contribution >= 0.6 is 0 Å². The van der Waals surface area contributed by atoms with Crippen LogP contribution in [0.25, 0.3) is 11.2 Å². The number of carbonyl (C=O) groups excluding carboxylic acids is 1. The fourth-order valence-corrected chi connectivity index (χ4v) is 6.37. The molecular weight excluding hydrogens is 628 g/mol. The summed E-state index contributed by atoms with van der Waals surface area (Å²) >= 11 is 0. The van der Waals surface area contributed by atoms with Crippen LogP contribution in [0, 0.1) is 0 Å². The number of rotatable bonds is 14. The van der Waals surface area contributed by atoms with E-state index in [0.29, 0.717) is 73.8 Å². The summed E-state index contributed by atoms with van der Waals surface area (Å²) < 4.78 is 18.8. The van der Waals surface area contributed by atoms with Crippen molar-refractivity contribution in [1.29, 1.82) is 0 Å². The molecule has 2 fully saturated rings. The lowest BCUT2D eigenvalue weighted by molar-refractivity contribution is -0.140. The Balaban J connectivity index is 1.21. The molecule has 0 aliphatic carbocycles. The van der Waals surface area contributed by atoms with Crippen molar-refractivity contribution in [3.63, 3.8) is 0 Å². The standard InChI is InChI=1S/C34H40N10O5/c1-2-25-38-31(42-41-25)29-28(48-21-45)27(46)33(49-29)44-20-37-26-30(39-34(40-32(26)44)35-13-14-43-15-17-47-18-16-43)36-19-24(22-9-5-3-6-10-22)23-11-7-4-8-12-23/h3-12,20-21,24,27-29,33,46H,2,13-19H2,1H3,(H,38,41,42)(H2,35,36,39,40)/t27-,28+,29+,33-/m1/s1. The minimum atomic E-state index is -1.26. The maximum atomic E-state index is 11.5. The van der Waals surface area contributed by atoms with Gasteiger partial charge in [-0.15, -0.1) is 10.2 Å². The summed E-state index contributed by atoms with van der Waals surface area (Å²) in [5.41, 5.74) is 3.26. The van der Waals surface area contributed by atoms with E-state index in [9.17, 15) is 9.90 Å². The topological polar surface area (TPSA) is 177 Å². The van der Waals surface area contributed by atoms with Crippen molar-refractivity contribution >= 4 is 29.4 Å². The smallest absolute Gasteiger partial charge is 0.293 e. The molecule has 0 bridgehead atoms. The molecule has 49 heavy (non-hydrogen) atoms. The Morgan fingerprint density at radius 2 is 1.78 bits per heavy atom. The summed E-state index contributed by atoms with van der Waals surface area (Å²) in [7, 11) is 0. The summed E-state index contributed by atoms with van der Waals surface area (Å²) in [4.78, 5) is 31.3. The summed E-state index contributed by atoms with van der Waals surface area (Å²) in [5, 5.41) is 26.7. The van der Waals surface area contributed by atoms with E-state index in [1.54, 1.807) is 10.9 Å². The lowest BCUT2D eigenvalue weighted by Crippen LogP contribution is -2.39. The molecule has 0 radical (unpaired) electrons. The second-order valence-corrected chi connectivity index (χ2v) is 12.0. The monoisotopic (exact) mass is 668 g/mol. The number of carbonyl (C=O) groups is 1. The Labute approximate surface area is 283 Å². The maximum absolute atomic E-state index is 11.5. The van der Waals surface area contributed by atoms with E-state index in [-0.39, 0.29) is 5.92 Å². The molecule has 0 spiro atoms. The number of aliphatic hydroxyl groups is 1. The van der Waals surface area contributed by atoms with E-state index in [0.717, 1.165) is 30.8 Å². The van der Waals surface area contributed by atoms with Crippen LogP contribution in [0.5, 0.6) is 0 Å². The number of aliphatic hydroxyl groups excluding tert-OH is 1. The molecule has 15 nitrogen and oxygen atoms in total. The third-order valence-electron chi connectivity index (χ3n) is 8.97. The lowest BCUT2D eigenvalue weighted by atomic mass is 9.91. The number of fused-ring (bicyclic) bond motifs is 1. The first kappa shape index (κ1) is 32.6. The molecule has 256 valence electrons. The second-order valence-electron chi connectivity index (χ2n) is 12.0. The van der Waals surface area contributed by atoms with Gasteiger partial charge in [-0.1, -0.05) is 67.6 Å². The van der Waals surface area contributed by atoms with Gasteiger partial charge in [0, 0.05) is 45.1 Å². The van der Waals surface area contributed by atoms with Crippen molar-refractivity contribution in [2.45, 2.75) is 43.8 Å². The Bertz CT molecular complexity index is 1770. The van der Waals surface area contributed by atoms with E-state index >= 15 is 0 Å². The molecule has 0 unspecified atom stereocenters. The number of morpholine rings is 1. The summed E-state index contributed by atoms with van der Waals surface area (Å²) in [6, 6.07) is 20.6. The van der Waals surface area contributed by atoms with Crippen molar-refractivity contribution < 1.29 is 24.1 Å². The van der Waals surface area contributed by atoms with Crippen LogP contribution in [0.4, 0.5) is 11.8 Å². The van der Waals surface area contributed by atoms with Crippen LogP contribution < -0.4 is 10.6 Å². The number of nitrogens with zero attached hydrogens (tertiary/aromatic N) is 7. The third kappa shape index (κ3) is 7.10. The number of anilines is 2. The first-order valence-electron chi connectivity index (χ1n) is 16.6. The predicted octanol–water partition coefficient (Wildman–Crippen LogP) is 2.67. The highest BCUT2D eigenvalue weighted by molar-refractivity contribution is 5.84. The molecule has 4 N–H and O–H groups in total. The average Bonchev–Trinajstić information content (AvgIpc) is 3.88. The molecule has 0 saturated carbocycles. The molecule has 4 atom stereocenters. The number of nitrogens with one attached hydrogen (secondary N) is 3. The summed E-state index contributed by atoms with van der Waals surface area (Å²) in [6.07, 6.45) is -2.01. The molecule has 2 saturated heterocycles. The molecule has 0 amide bonds. The third-order valence-corrected chi connectivity index (χ3v) is 8.97. The van der Waals surface area contributed by atoms with Crippen LogP contribution in [-0.2, 0) is 25.4 Å². The number of hydrogen-bond donors (Lipinski definition) is 4. The number of imidazole rings is 1. The highest BCUT2D eigenvalue weighted by Crippen LogP contribution is 2.40. The van der Waals surface area contributed by atoms with Crippen LogP contribution in [0.3, 0.4) is 0 Å². The van der Waals surface area contributed by atoms with Gasteiger partial charge in [0.05, 0.1) is 19.5 Å². The zero-order chi connectivity index (χ0) is 33.6. The molecule has 15 heteroatoms. The highest BCUT2D eigenvalue weighted by Gasteiger charge is 2.49. The second kappa shape index (κ2) is 15.1. The SMILES string of the molecule is CCc1nnc([C@H]2O[C@@H](n3cnc4c(NCC(c5ccccc5)c5ccccc5)nc(NCCN5CCOCC5)nc43)[C@H](O)[C@@H]2OC=O)[nH]1. The van der Waals surface area contributed by atoms with Gasteiger partial charge in [-0.2, -0.15) is 9.97 Å². The molecule has 2 aliphatic rings. The van der Waals surface area contributed by atoms with Crippen LogP contribution in [0.1, 0.15) is 47.9 Å². The number of aromatic nitrogens is 7. The predicted molar refractivity (Wildman–Crippen MR) is 180 cm³/mol. The lowest BCUT2D eigenvalue weighted by Gasteiger charge is -2.26. The van der Waals surface area contributed by atoms with E-state index in [1.807, 2.05) is 43.3 Å². The minimum absolute atomic E-state index is 0.0316. The number of benzene rings is 2. The Morgan fingerprint density at radius 3 is 2.45 bits per heavy atom. The van der Waals surface area contributed by atoms with Crippen molar-refractivity contribution in [2.24, 2.45) is 0 Å². The van der Waals surface area contributed by atoms with Gasteiger partial charge in [0.2, 0.25) is 5.95 Å². The first-order chi connectivity index (χ1) is 24.1. The van der Waals surface area contributed by atoms with Gasteiger partial charge in [0.1, 0.15) is 11.9 Å². The quantitative estimate of drug-likeness (QED) is 0.127. The number of aromatic amines is 1. The molecule has 3 aromatic heterocycles. The van der Waals surface area contributed by atoms with Crippen LogP contribution in [-0.4, -0.2) is 109 Å².